The second-order valence-corrected chi connectivity index (χ2v) is 12.7. The number of amides is 3. The zero-order chi connectivity index (χ0) is 33.7. The fraction of sp³-hybridized carbons (Fsp3) is 0.656. The number of esters is 2. The predicted molar refractivity (Wildman–Crippen MR) is 174 cm³/mol. The second-order valence-electron chi connectivity index (χ2n) is 11.7. The van der Waals surface area contributed by atoms with Crippen molar-refractivity contribution in [2.45, 2.75) is 105 Å². The molecule has 0 saturated heterocycles. The van der Waals surface area contributed by atoms with Crippen molar-refractivity contribution in [2.24, 2.45) is 0 Å². The largest absolute Gasteiger partial charge is 0.468 e. The first-order chi connectivity index (χ1) is 20.6. The van der Waals surface area contributed by atoms with Gasteiger partial charge in [-0.3, -0.25) is 14.4 Å². The lowest BCUT2D eigenvalue weighted by Gasteiger charge is -2.23. The maximum absolute atomic E-state index is 12.8. The van der Waals surface area contributed by atoms with E-state index in [1.165, 1.54) is 42.7 Å². The molecule has 3 N–H and O–H groups in total. The summed E-state index contributed by atoms with van der Waals surface area (Å²) in [7, 11) is 2.38. The number of hydrogen-bond donors (Lipinski definition) is 3. The summed E-state index contributed by atoms with van der Waals surface area (Å²) < 4.78 is 14.5. The summed E-state index contributed by atoms with van der Waals surface area (Å²) >= 11 is 1.46. The average Bonchev–Trinajstić information content (AvgIpc) is 2.93. The minimum atomic E-state index is -1.12. The van der Waals surface area contributed by atoms with Gasteiger partial charge in [-0.15, -0.1) is 0 Å². The number of carbonyl (C=O) groups is 5. The van der Waals surface area contributed by atoms with Crippen LogP contribution in [0, 0.1) is 0 Å². The van der Waals surface area contributed by atoms with Crippen molar-refractivity contribution in [2.75, 3.05) is 32.3 Å². The van der Waals surface area contributed by atoms with E-state index < -0.39 is 47.5 Å². The SMILES string of the molecule is COC(=O)CNC(=O)[C@H](CSC/C=C(\C)CC/C=C(\C)CCC=C(C)C)NC(=O)CC[C@H](NC(=O)OC(C)(C)C)C(=O)OC. The monoisotopic (exact) mass is 639 g/mol. The minimum absolute atomic E-state index is 0.0772. The number of methoxy groups -OCH3 is 2. The van der Waals surface area contributed by atoms with Gasteiger partial charge >= 0.3 is 18.0 Å². The highest BCUT2D eigenvalue weighted by molar-refractivity contribution is 7.99. The number of alkyl carbamates (subject to hydrolysis) is 1. The Hall–Kier alpha value is -3.28. The van der Waals surface area contributed by atoms with Gasteiger partial charge in [0.15, 0.2) is 0 Å². The Labute approximate surface area is 267 Å². The topological polar surface area (TPSA) is 149 Å². The Kier molecular flexibility index (Phi) is 20.6. The zero-order valence-electron chi connectivity index (χ0n) is 27.9. The van der Waals surface area contributed by atoms with E-state index in [-0.39, 0.29) is 25.1 Å². The lowest BCUT2D eigenvalue weighted by Crippen LogP contribution is -2.50. The fourth-order valence-electron chi connectivity index (χ4n) is 3.65. The third-order valence-corrected chi connectivity index (χ3v) is 7.05. The number of allylic oxidation sites excluding steroid dienone is 5. The molecule has 0 bridgehead atoms. The Morgan fingerprint density at radius 2 is 1.41 bits per heavy atom. The van der Waals surface area contributed by atoms with Crippen molar-refractivity contribution in [1.82, 2.24) is 16.0 Å². The number of rotatable bonds is 19. The van der Waals surface area contributed by atoms with Gasteiger partial charge < -0.3 is 30.2 Å². The van der Waals surface area contributed by atoms with E-state index in [9.17, 15) is 24.0 Å². The molecule has 0 unspecified atom stereocenters. The summed E-state index contributed by atoms with van der Waals surface area (Å²) in [6, 6.07) is -2.06. The standard InChI is InChI=1S/C32H53N3O8S/c1-22(2)12-10-13-23(3)14-11-15-24(4)18-19-44-21-26(29(38)33-20-28(37)41-8)34-27(36)17-16-25(30(39)42-9)35-31(40)43-32(5,6)7/h12,14,18,25-26H,10-11,13,15-17,19-21H2,1-9H3,(H,33,38)(H,34,36)(H,35,40)/b23-14+,24-18+/t25-,26-/m0/s1. The Balaban J connectivity index is 5.11. The second kappa shape index (κ2) is 22.3. The van der Waals surface area contributed by atoms with Crippen LogP contribution in [0.1, 0.15) is 87.0 Å². The normalized spacial score (nSPS) is 13.2. The quantitative estimate of drug-likeness (QED) is 0.0787. The van der Waals surface area contributed by atoms with Gasteiger partial charge in [-0.05, 0) is 80.6 Å². The van der Waals surface area contributed by atoms with Gasteiger partial charge in [0.2, 0.25) is 11.8 Å². The molecule has 0 aromatic heterocycles. The summed E-state index contributed by atoms with van der Waals surface area (Å²) in [6.07, 6.45) is 9.53. The van der Waals surface area contributed by atoms with E-state index in [1.807, 2.05) is 0 Å². The van der Waals surface area contributed by atoms with Crippen molar-refractivity contribution in [3.8, 4) is 0 Å². The van der Waals surface area contributed by atoms with Crippen molar-refractivity contribution in [3.63, 3.8) is 0 Å². The summed E-state index contributed by atoms with van der Waals surface area (Å²) in [4.78, 5) is 61.4. The van der Waals surface area contributed by atoms with E-state index in [2.05, 4.69) is 66.6 Å². The average molecular weight is 640 g/mol. The lowest BCUT2D eigenvalue weighted by atomic mass is 10.1. The smallest absolute Gasteiger partial charge is 0.408 e. The maximum Gasteiger partial charge on any atom is 0.408 e. The molecule has 44 heavy (non-hydrogen) atoms. The molecule has 12 heteroatoms. The molecule has 2 atom stereocenters. The number of thioether (sulfide) groups is 1. The summed E-state index contributed by atoms with van der Waals surface area (Å²) in [5, 5.41) is 7.56. The van der Waals surface area contributed by atoms with Crippen molar-refractivity contribution >= 4 is 41.6 Å². The van der Waals surface area contributed by atoms with Gasteiger partial charge in [0.1, 0.15) is 24.2 Å². The van der Waals surface area contributed by atoms with Gasteiger partial charge in [0.25, 0.3) is 0 Å². The van der Waals surface area contributed by atoms with Crippen LogP contribution < -0.4 is 16.0 Å². The molecule has 0 spiro atoms. The molecule has 0 aliphatic heterocycles. The Bertz CT molecular complexity index is 1040. The van der Waals surface area contributed by atoms with Gasteiger partial charge in [-0.2, -0.15) is 11.8 Å². The number of nitrogens with one attached hydrogen (secondary N) is 3. The van der Waals surface area contributed by atoms with Crippen LogP contribution in [0.3, 0.4) is 0 Å². The van der Waals surface area contributed by atoms with Crippen LogP contribution in [0.15, 0.2) is 34.9 Å². The van der Waals surface area contributed by atoms with E-state index >= 15 is 0 Å². The van der Waals surface area contributed by atoms with Crippen LogP contribution in [0.2, 0.25) is 0 Å². The number of carbonyl (C=O) groups excluding carboxylic acids is 5. The van der Waals surface area contributed by atoms with Crippen molar-refractivity contribution in [3.05, 3.63) is 34.9 Å². The minimum Gasteiger partial charge on any atom is -0.468 e. The molecule has 0 rings (SSSR count). The summed E-state index contributed by atoms with van der Waals surface area (Å²) in [6.45, 7) is 13.1. The first-order valence-corrected chi connectivity index (χ1v) is 16.0. The van der Waals surface area contributed by atoms with E-state index in [0.29, 0.717) is 5.75 Å². The highest BCUT2D eigenvalue weighted by Crippen LogP contribution is 2.14. The Morgan fingerprint density at radius 3 is 1.98 bits per heavy atom. The first-order valence-electron chi connectivity index (χ1n) is 14.8. The molecule has 0 heterocycles. The summed E-state index contributed by atoms with van der Waals surface area (Å²) in [5.74, 6) is -1.52. The van der Waals surface area contributed by atoms with E-state index in [0.717, 1.165) is 25.7 Å². The number of hydrogen-bond acceptors (Lipinski definition) is 9. The van der Waals surface area contributed by atoms with Crippen LogP contribution >= 0.6 is 11.8 Å². The van der Waals surface area contributed by atoms with Gasteiger partial charge in [-0.1, -0.05) is 34.9 Å². The van der Waals surface area contributed by atoms with Crippen molar-refractivity contribution in [1.29, 1.82) is 0 Å². The molecule has 250 valence electrons. The molecule has 11 nitrogen and oxygen atoms in total. The van der Waals surface area contributed by atoms with Crippen LogP contribution in [-0.2, 0) is 33.4 Å². The molecule has 3 amide bonds. The summed E-state index contributed by atoms with van der Waals surface area (Å²) in [5.41, 5.74) is 3.16. The molecular formula is C32H53N3O8S. The lowest BCUT2D eigenvalue weighted by molar-refractivity contribution is -0.143. The van der Waals surface area contributed by atoms with E-state index in [1.54, 1.807) is 20.8 Å². The van der Waals surface area contributed by atoms with Gasteiger partial charge in [0, 0.05) is 17.9 Å². The molecule has 0 radical (unpaired) electrons. The highest BCUT2D eigenvalue weighted by Gasteiger charge is 2.27. The Morgan fingerprint density at radius 1 is 0.795 bits per heavy atom. The van der Waals surface area contributed by atoms with Crippen LogP contribution in [0.5, 0.6) is 0 Å². The van der Waals surface area contributed by atoms with Crippen LogP contribution in [0.4, 0.5) is 4.79 Å². The molecule has 0 aromatic rings. The maximum atomic E-state index is 12.8. The predicted octanol–water partition coefficient (Wildman–Crippen LogP) is 4.76. The van der Waals surface area contributed by atoms with E-state index in [4.69, 9.17) is 9.47 Å². The molecule has 0 fully saturated rings. The molecule has 0 aliphatic carbocycles. The third-order valence-electron chi connectivity index (χ3n) is 6.08. The van der Waals surface area contributed by atoms with Gasteiger partial charge in [0.05, 0.1) is 14.2 Å². The molecule has 0 saturated carbocycles. The fourth-order valence-corrected chi connectivity index (χ4v) is 4.66. The number of ether oxygens (including phenoxy) is 3. The third kappa shape index (κ3) is 21.4. The zero-order valence-corrected chi connectivity index (χ0v) is 28.7. The van der Waals surface area contributed by atoms with Crippen molar-refractivity contribution < 1.29 is 38.2 Å². The molecule has 0 aromatic carbocycles. The molecular weight excluding hydrogens is 586 g/mol. The van der Waals surface area contributed by atoms with Crippen LogP contribution in [0.25, 0.3) is 0 Å². The molecule has 0 aliphatic rings. The highest BCUT2D eigenvalue weighted by atomic mass is 32.2. The van der Waals surface area contributed by atoms with Crippen LogP contribution in [-0.4, -0.2) is 79.8 Å². The van der Waals surface area contributed by atoms with Gasteiger partial charge in [-0.25, -0.2) is 9.59 Å². The first kappa shape index (κ1) is 40.7.